The monoisotopic (exact) mass is 268 g/mol. The lowest BCUT2D eigenvalue weighted by atomic mass is 9.96. The number of hydrogen-bond donors (Lipinski definition) is 1. The second-order valence-electron chi connectivity index (χ2n) is 4.83. The minimum absolute atomic E-state index is 0.238. The largest absolute Gasteiger partial charge is 0.374 e. The van der Waals surface area contributed by atoms with Crippen molar-refractivity contribution in [3.63, 3.8) is 0 Å². The molecule has 0 aliphatic carbocycles. The number of carbonyl (C=O) groups excluding carboxylic acids is 1. The summed E-state index contributed by atoms with van der Waals surface area (Å²) in [5.41, 5.74) is 5.55. The quantitative estimate of drug-likeness (QED) is 0.907. The normalized spacial score (nSPS) is 21.1. The molecule has 1 aromatic heterocycles. The van der Waals surface area contributed by atoms with Crippen LogP contribution in [0.3, 0.4) is 0 Å². The van der Waals surface area contributed by atoms with E-state index in [1.807, 2.05) is 4.90 Å². The Labute approximate surface area is 111 Å². The Hall–Kier alpha value is -1.17. The molecule has 0 saturated carbocycles. The summed E-state index contributed by atoms with van der Waals surface area (Å²) in [6, 6.07) is 0. The van der Waals surface area contributed by atoms with E-state index in [0.29, 0.717) is 24.0 Å². The van der Waals surface area contributed by atoms with Gasteiger partial charge in [-0.05, 0) is 18.8 Å². The third-order valence-corrected chi connectivity index (χ3v) is 4.17. The first kappa shape index (κ1) is 13.3. The van der Waals surface area contributed by atoms with E-state index in [1.165, 1.54) is 24.2 Å². The Morgan fingerprint density at radius 2 is 2.28 bits per heavy atom. The number of nitrogens with zero attached hydrogens (tertiary/aromatic N) is 3. The van der Waals surface area contributed by atoms with Crippen LogP contribution >= 0.6 is 11.3 Å². The van der Waals surface area contributed by atoms with Crippen LogP contribution in [-0.4, -0.2) is 27.5 Å². The van der Waals surface area contributed by atoms with Crippen LogP contribution in [0.25, 0.3) is 0 Å². The van der Waals surface area contributed by atoms with Crippen molar-refractivity contribution < 1.29 is 4.79 Å². The molecule has 1 aliphatic rings. The van der Waals surface area contributed by atoms with Gasteiger partial charge in [-0.2, -0.15) is 0 Å². The Morgan fingerprint density at radius 3 is 2.94 bits per heavy atom. The van der Waals surface area contributed by atoms with Crippen LogP contribution in [0.1, 0.15) is 44.0 Å². The van der Waals surface area contributed by atoms with Crippen LogP contribution in [0, 0.1) is 5.92 Å². The number of rotatable bonds is 4. The fourth-order valence-corrected chi connectivity index (χ4v) is 3.08. The fraction of sp³-hybridized carbons (Fsp3) is 0.750. The average Bonchev–Trinajstić information content (AvgIpc) is 2.68. The summed E-state index contributed by atoms with van der Waals surface area (Å²) in [5, 5.41) is 9.06. The Kier molecular flexibility index (Phi) is 4.52. The van der Waals surface area contributed by atoms with Gasteiger partial charge in [0, 0.05) is 13.0 Å². The first-order chi connectivity index (χ1) is 8.69. The zero-order valence-corrected chi connectivity index (χ0v) is 11.6. The molecule has 18 heavy (non-hydrogen) atoms. The molecule has 0 radical (unpaired) electrons. The lowest BCUT2D eigenvalue weighted by Gasteiger charge is -2.19. The molecule has 2 N–H and O–H groups in total. The highest BCUT2D eigenvalue weighted by Gasteiger charge is 2.22. The molecule has 0 bridgehead atoms. The number of amides is 1. The first-order valence-electron chi connectivity index (χ1n) is 6.54. The topological polar surface area (TPSA) is 72.1 Å². The first-order valence-corrected chi connectivity index (χ1v) is 7.36. The highest BCUT2D eigenvalue weighted by molar-refractivity contribution is 7.15. The Morgan fingerprint density at radius 1 is 1.44 bits per heavy atom. The number of nitrogens with two attached hydrogens (primary N) is 1. The summed E-state index contributed by atoms with van der Waals surface area (Å²) >= 11 is 1.36. The van der Waals surface area contributed by atoms with E-state index in [0.717, 1.165) is 24.4 Å². The number of likely N-dealkylation sites (tertiary alicyclic amines) is 1. The zero-order chi connectivity index (χ0) is 13.0. The van der Waals surface area contributed by atoms with Gasteiger partial charge in [0.1, 0.15) is 5.01 Å². The smallest absolute Gasteiger partial charge is 0.222 e. The lowest BCUT2D eigenvalue weighted by Crippen LogP contribution is -2.29. The number of anilines is 1. The summed E-state index contributed by atoms with van der Waals surface area (Å²) in [6.45, 7) is 3.60. The van der Waals surface area contributed by atoms with Crippen LogP contribution in [0.4, 0.5) is 5.13 Å². The summed E-state index contributed by atoms with van der Waals surface area (Å²) in [5.74, 6) is 0.936. The van der Waals surface area contributed by atoms with E-state index in [-0.39, 0.29) is 5.91 Å². The molecule has 6 heteroatoms. The summed E-state index contributed by atoms with van der Waals surface area (Å²) in [4.78, 5) is 13.9. The van der Waals surface area contributed by atoms with E-state index >= 15 is 0 Å². The van der Waals surface area contributed by atoms with Crippen molar-refractivity contribution in [3.8, 4) is 0 Å². The molecule has 1 fully saturated rings. The fourth-order valence-electron chi connectivity index (χ4n) is 2.45. The minimum atomic E-state index is 0.238. The second-order valence-corrected chi connectivity index (χ2v) is 5.93. The lowest BCUT2D eigenvalue weighted by molar-refractivity contribution is -0.131. The highest BCUT2D eigenvalue weighted by atomic mass is 32.1. The van der Waals surface area contributed by atoms with Crippen LogP contribution < -0.4 is 5.73 Å². The summed E-state index contributed by atoms with van der Waals surface area (Å²) in [7, 11) is 0. The molecule has 1 saturated heterocycles. The second kappa shape index (κ2) is 6.13. The van der Waals surface area contributed by atoms with Crippen molar-refractivity contribution in [3.05, 3.63) is 5.01 Å². The SMILES string of the molecule is CCCC1CCC(=O)N(Cc2nnc(N)s2)CC1. The van der Waals surface area contributed by atoms with Gasteiger partial charge in [0.25, 0.3) is 0 Å². The predicted molar refractivity (Wildman–Crippen MR) is 72.0 cm³/mol. The maximum absolute atomic E-state index is 12.0. The molecule has 0 aromatic carbocycles. The maximum atomic E-state index is 12.0. The van der Waals surface area contributed by atoms with Crippen LogP contribution in [0.2, 0.25) is 0 Å². The van der Waals surface area contributed by atoms with Gasteiger partial charge in [0.2, 0.25) is 11.0 Å². The standard InChI is InChI=1S/C12H20N4OS/c1-2-3-9-4-5-11(17)16(7-6-9)8-10-14-15-12(13)18-10/h9H,2-8H2,1H3,(H2,13,15). The number of hydrogen-bond acceptors (Lipinski definition) is 5. The molecule has 100 valence electrons. The summed E-state index contributed by atoms with van der Waals surface area (Å²) < 4.78 is 0. The van der Waals surface area contributed by atoms with E-state index < -0.39 is 0 Å². The Balaban J connectivity index is 1.93. The summed E-state index contributed by atoms with van der Waals surface area (Å²) in [6.07, 6.45) is 5.23. The Bertz CT molecular complexity index is 407. The van der Waals surface area contributed by atoms with Crippen molar-refractivity contribution in [1.82, 2.24) is 15.1 Å². The minimum Gasteiger partial charge on any atom is -0.374 e. The van der Waals surface area contributed by atoms with Gasteiger partial charge in [0.15, 0.2) is 0 Å². The van der Waals surface area contributed by atoms with Crippen LogP contribution in [-0.2, 0) is 11.3 Å². The van der Waals surface area contributed by atoms with Crippen molar-refractivity contribution in [2.75, 3.05) is 12.3 Å². The van der Waals surface area contributed by atoms with E-state index in [2.05, 4.69) is 17.1 Å². The molecule has 1 aliphatic heterocycles. The van der Waals surface area contributed by atoms with Gasteiger partial charge in [-0.1, -0.05) is 31.1 Å². The molecular weight excluding hydrogens is 248 g/mol. The molecule has 2 rings (SSSR count). The maximum Gasteiger partial charge on any atom is 0.222 e. The number of carbonyl (C=O) groups is 1. The van der Waals surface area contributed by atoms with Crippen LogP contribution in [0.15, 0.2) is 0 Å². The van der Waals surface area contributed by atoms with Gasteiger partial charge in [-0.3, -0.25) is 4.79 Å². The molecule has 1 unspecified atom stereocenters. The third-order valence-electron chi connectivity index (χ3n) is 3.43. The number of nitrogen functional groups attached to an aromatic ring is 1. The van der Waals surface area contributed by atoms with Gasteiger partial charge in [0.05, 0.1) is 6.54 Å². The molecule has 1 aromatic rings. The number of aromatic nitrogens is 2. The van der Waals surface area contributed by atoms with Gasteiger partial charge >= 0.3 is 0 Å². The molecule has 0 spiro atoms. The zero-order valence-electron chi connectivity index (χ0n) is 10.8. The van der Waals surface area contributed by atoms with Crippen molar-refractivity contribution >= 4 is 22.4 Å². The molecule has 1 amide bonds. The van der Waals surface area contributed by atoms with Gasteiger partial charge in [-0.15, -0.1) is 10.2 Å². The molecular formula is C12H20N4OS. The van der Waals surface area contributed by atoms with Crippen molar-refractivity contribution in [2.24, 2.45) is 5.92 Å². The van der Waals surface area contributed by atoms with Crippen molar-refractivity contribution in [2.45, 2.75) is 45.6 Å². The van der Waals surface area contributed by atoms with Gasteiger partial charge < -0.3 is 10.6 Å². The van der Waals surface area contributed by atoms with Crippen LogP contribution in [0.5, 0.6) is 0 Å². The molecule has 2 heterocycles. The van der Waals surface area contributed by atoms with E-state index in [1.54, 1.807) is 0 Å². The van der Waals surface area contributed by atoms with E-state index in [4.69, 9.17) is 5.73 Å². The highest BCUT2D eigenvalue weighted by Crippen LogP contribution is 2.24. The molecule has 5 nitrogen and oxygen atoms in total. The average molecular weight is 268 g/mol. The molecule has 1 atom stereocenters. The van der Waals surface area contributed by atoms with Gasteiger partial charge in [-0.25, -0.2) is 0 Å². The predicted octanol–water partition coefficient (Wildman–Crippen LogP) is 2.05. The van der Waals surface area contributed by atoms with E-state index in [9.17, 15) is 4.79 Å². The van der Waals surface area contributed by atoms with Crippen molar-refractivity contribution in [1.29, 1.82) is 0 Å². The third kappa shape index (κ3) is 3.41.